The number of rotatable bonds is 7. The van der Waals surface area contributed by atoms with Crippen molar-refractivity contribution in [3.05, 3.63) is 57.4 Å². The van der Waals surface area contributed by atoms with Crippen molar-refractivity contribution < 1.29 is 24.0 Å². The quantitative estimate of drug-likeness (QED) is 0.285. The summed E-state index contributed by atoms with van der Waals surface area (Å²) in [6.45, 7) is 4.46. The number of hydrogen-bond donors (Lipinski definition) is 1. The average Bonchev–Trinajstić information content (AvgIpc) is 3.55. The fourth-order valence-electron chi connectivity index (χ4n) is 4.38. The van der Waals surface area contributed by atoms with Gasteiger partial charge in [0.25, 0.3) is 11.6 Å². The van der Waals surface area contributed by atoms with Crippen molar-refractivity contribution in [3.63, 3.8) is 0 Å². The lowest BCUT2D eigenvalue weighted by Crippen LogP contribution is -2.33. The Labute approximate surface area is 197 Å². The van der Waals surface area contributed by atoms with Gasteiger partial charge in [-0.25, -0.2) is 4.79 Å². The number of ether oxygens (including phenoxy) is 1. The molecule has 2 aliphatic heterocycles. The van der Waals surface area contributed by atoms with E-state index in [0.717, 1.165) is 38.8 Å². The molecule has 3 heterocycles. The number of nitrogens with zero attached hydrogens (tertiary/aromatic N) is 3. The number of hydrogen-bond acceptors (Lipinski definition) is 7. The summed E-state index contributed by atoms with van der Waals surface area (Å²) in [5, 5.41) is 11.6. The van der Waals surface area contributed by atoms with Crippen LogP contribution in [0.5, 0.6) is 0 Å². The second-order valence-corrected chi connectivity index (χ2v) is 8.93. The van der Waals surface area contributed by atoms with Crippen LogP contribution in [0.1, 0.15) is 63.8 Å². The highest BCUT2D eigenvalue weighted by atomic mass is 16.6. The average molecular weight is 469 g/mol. The number of anilines is 1. The lowest BCUT2D eigenvalue weighted by atomic mass is 9.98. The van der Waals surface area contributed by atoms with Gasteiger partial charge in [-0.05, 0) is 49.8 Å². The van der Waals surface area contributed by atoms with Crippen LogP contribution in [-0.2, 0) is 4.74 Å². The van der Waals surface area contributed by atoms with Gasteiger partial charge in [-0.2, -0.15) is 0 Å². The van der Waals surface area contributed by atoms with Gasteiger partial charge in [0.2, 0.25) is 5.78 Å². The molecule has 0 aliphatic carbocycles. The molecule has 10 heteroatoms. The number of likely N-dealkylation sites (tertiary alicyclic amines) is 1. The molecule has 1 aromatic carbocycles. The topological polar surface area (TPSA) is 126 Å². The molecule has 0 atom stereocenters. The minimum atomic E-state index is -0.820. The first-order valence-electron chi connectivity index (χ1n) is 11.5. The first kappa shape index (κ1) is 23.5. The van der Waals surface area contributed by atoms with Crippen molar-refractivity contribution in [1.29, 1.82) is 0 Å². The molecule has 0 saturated carbocycles. The molecule has 0 bridgehead atoms. The molecule has 4 rings (SSSR count). The standard InChI is InChI=1S/C24H28N4O6/c1-16-6-10-26(11-7-16)20-5-4-17(13-21(20)28(32)33)24(31)34-15-22(29)18-12-19(25-14-18)23(30)27-8-2-3-9-27/h4-5,12-14,16,25H,2-3,6-11,15H2,1H3. The molecule has 1 amide bonds. The first-order valence-corrected chi connectivity index (χ1v) is 11.5. The van der Waals surface area contributed by atoms with Crippen LogP contribution in [-0.4, -0.2) is 65.3 Å². The van der Waals surface area contributed by atoms with E-state index in [1.54, 1.807) is 11.0 Å². The Balaban J connectivity index is 1.39. The molecule has 1 N–H and O–H groups in total. The van der Waals surface area contributed by atoms with E-state index in [4.69, 9.17) is 4.74 Å². The van der Waals surface area contributed by atoms with E-state index in [0.29, 0.717) is 30.4 Å². The second-order valence-electron chi connectivity index (χ2n) is 8.93. The summed E-state index contributed by atoms with van der Waals surface area (Å²) < 4.78 is 5.11. The summed E-state index contributed by atoms with van der Waals surface area (Å²) in [4.78, 5) is 55.0. The van der Waals surface area contributed by atoms with Crippen molar-refractivity contribution in [1.82, 2.24) is 9.88 Å². The van der Waals surface area contributed by atoms with Gasteiger partial charge in [0.05, 0.1) is 10.5 Å². The van der Waals surface area contributed by atoms with E-state index in [9.17, 15) is 24.5 Å². The van der Waals surface area contributed by atoms with Gasteiger partial charge in [-0.1, -0.05) is 6.92 Å². The van der Waals surface area contributed by atoms with Crippen LogP contribution in [0.2, 0.25) is 0 Å². The van der Waals surface area contributed by atoms with Gasteiger partial charge in [-0.15, -0.1) is 0 Å². The number of esters is 1. The van der Waals surface area contributed by atoms with E-state index in [2.05, 4.69) is 11.9 Å². The highest BCUT2D eigenvalue weighted by Crippen LogP contribution is 2.32. The number of carbonyl (C=O) groups excluding carboxylic acids is 3. The highest BCUT2D eigenvalue weighted by Gasteiger charge is 2.26. The molecule has 2 aromatic rings. The van der Waals surface area contributed by atoms with Gasteiger partial charge in [0.1, 0.15) is 11.4 Å². The molecule has 1 aromatic heterocycles. The lowest BCUT2D eigenvalue weighted by Gasteiger charge is -2.31. The number of aromatic nitrogens is 1. The van der Waals surface area contributed by atoms with Gasteiger partial charge in [-0.3, -0.25) is 19.7 Å². The van der Waals surface area contributed by atoms with Crippen LogP contribution < -0.4 is 4.90 Å². The van der Waals surface area contributed by atoms with E-state index in [1.807, 2.05) is 4.90 Å². The van der Waals surface area contributed by atoms with Gasteiger partial charge >= 0.3 is 5.97 Å². The number of Topliss-reactive ketones (excluding diaryl/α,β-unsaturated/α-hetero) is 1. The number of carbonyl (C=O) groups is 3. The smallest absolute Gasteiger partial charge is 0.338 e. The number of H-pyrrole nitrogens is 1. The van der Waals surface area contributed by atoms with Gasteiger partial charge < -0.3 is 19.5 Å². The van der Waals surface area contributed by atoms with E-state index >= 15 is 0 Å². The molecule has 2 saturated heterocycles. The second kappa shape index (κ2) is 10.1. The maximum Gasteiger partial charge on any atom is 0.338 e. The first-order chi connectivity index (χ1) is 16.3. The predicted molar refractivity (Wildman–Crippen MR) is 124 cm³/mol. The van der Waals surface area contributed by atoms with Crippen molar-refractivity contribution in [2.45, 2.75) is 32.6 Å². The summed E-state index contributed by atoms with van der Waals surface area (Å²) in [6, 6.07) is 5.70. The molecule has 180 valence electrons. The van der Waals surface area contributed by atoms with Crippen LogP contribution >= 0.6 is 0 Å². The number of aromatic amines is 1. The maximum atomic E-state index is 12.5. The van der Waals surface area contributed by atoms with E-state index in [-0.39, 0.29) is 22.7 Å². The Hall–Kier alpha value is -3.69. The predicted octanol–water partition coefficient (Wildman–Crippen LogP) is 3.43. The summed E-state index contributed by atoms with van der Waals surface area (Å²) in [5.41, 5.74) is 0.872. The van der Waals surface area contributed by atoms with Crippen LogP contribution in [0.25, 0.3) is 0 Å². The molecule has 0 spiro atoms. The van der Waals surface area contributed by atoms with Crippen molar-refractivity contribution in [2.24, 2.45) is 5.92 Å². The minimum Gasteiger partial charge on any atom is -0.454 e. The summed E-state index contributed by atoms with van der Waals surface area (Å²) in [6.07, 6.45) is 5.24. The largest absolute Gasteiger partial charge is 0.454 e. The Kier molecular flexibility index (Phi) is 6.95. The number of ketones is 1. The maximum absolute atomic E-state index is 12.5. The van der Waals surface area contributed by atoms with E-state index < -0.39 is 23.3 Å². The Morgan fingerprint density at radius 3 is 2.47 bits per heavy atom. The molecule has 10 nitrogen and oxygen atoms in total. The summed E-state index contributed by atoms with van der Waals surface area (Å²) in [7, 11) is 0. The molecule has 2 fully saturated rings. The normalized spacial score (nSPS) is 16.5. The third-order valence-electron chi connectivity index (χ3n) is 6.50. The molecular formula is C24H28N4O6. The number of nitro benzene ring substituents is 1. The van der Waals surface area contributed by atoms with Crippen molar-refractivity contribution in [3.8, 4) is 0 Å². The Morgan fingerprint density at radius 2 is 1.79 bits per heavy atom. The minimum absolute atomic E-state index is 0.00703. The van der Waals surface area contributed by atoms with Crippen LogP contribution in [0, 0.1) is 16.0 Å². The van der Waals surface area contributed by atoms with Crippen LogP contribution in [0.3, 0.4) is 0 Å². The molecule has 0 unspecified atom stereocenters. The number of piperidine rings is 1. The number of nitro groups is 1. The Bertz CT molecular complexity index is 1100. The number of nitrogens with one attached hydrogen (secondary N) is 1. The zero-order valence-electron chi connectivity index (χ0n) is 19.1. The van der Waals surface area contributed by atoms with Crippen LogP contribution in [0.15, 0.2) is 30.5 Å². The third kappa shape index (κ3) is 5.11. The molecule has 2 aliphatic rings. The zero-order valence-corrected chi connectivity index (χ0v) is 19.1. The Morgan fingerprint density at radius 1 is 1.09 bits per heavy atom. The molecule has 0 radical (unpaired) electrons. The summed E-state index contributed by atoms with van der Waals surface area (Å²) in [5.74, 6) is -0.876. The van der Waals surface area contributed by atoms with Gasteiger partial charge in [0, 0.05) is 44.0 Å². The fraction of sp³-hybridized carbons (Fsp3) is 0.458. The van der Waals surface area contributed by atoms with Gasteiger partial charge in [0.15, 0.2) is 6.61 Å². The van der Waals surface area contributed by atoms with Crippen molar-refractivity contribution >= 4 is 29.0 Å². The molecule has 34 heavy (non-hydrogen) atoms. The lowest BCUT2D eigenvalue weighted by molar-refractivity contribution is -0.384. The zero-order chi connectivity index (χ0) is 24.2. The molecular weight excluding hydrogens is 440 g/mol. The third-order valence-corrected chi connectivity index (χ3v) is 6.50. The van der Waals surface area contributed by atoms with E-state index in [1.165, 1.54) is 24.4 Å². The SMILES string of the molecule is CC1CCN(c2ccc(C(=O)OCC(=O)c3c[nH]c(C(=O)N4CCCC4)c3)cc2[N+](=O)[O-])CC1. The van der Waals surface area contributed by atoms with Crippen LogP contribution in [0.4, 0.5) is 11.4 Å². The number of benzene rings is 1. The highest BCUT2D eigenvalue weighted by molar-refractivity contribution is 6.02. The van der Waals surface area contributed by atoms with Crippen molar-refractivity contribution in [2.75, 3.05) is 37.7 Å². The summed E-state index contributed by atoms with van der Waals surface area (Å²) >= 11 is 0. The number of amides is 1. The monoisotopic (exact) mass is 468 g/mol. The fourth-order valence-corrected chi connectivity index (χ4v) is 4.38.